The van der Waals surface area contributed by atoms with Crippen LogP contribution in [0.4, 0.5) is 0 Å². The summed E-state index contributed by atoms with van der Waals surface area (Å²) in [6, 6.07) is 45.0. The van der Waals surface area contributed by atoms with E-state index in [0.717, 1.165) is 73.8 Å². The molecule has 1 fully saturated rings. The van der Waals surface area contributed by atoms with Gasteiger partial charge in [-0.2, -0.15) is 0 Å². The Morgan fingerprint density at radius 3 is 2.11 bits per heavy atom. The van der Waals surface area contributed by atoms with Crippen molar-refractivity contribution in [2.75, 3.05) is 0 Å². The molecule has 0 amide bonds. The van der Waals surface area contributed by atoms with Crippen molar-refractivity contribution >= 4 is 33.4 Å². The second-order valence-electron chi connectivity index (χ2n) is 14.3. The van der Waals surface area contributed by atoms with Gasteiger partial charge in [-0.25, -0.2) is 4.98 Å². The number of halogens is 1. The highest BCUT2D eigenvalue weighted by Crippen LogP contribution is 2.45. The first-order valence-electron chi connectivity index (χ1n) is 19.0. The Bertz CT molecular complexity index is 2500. The molecular formula is C46H39BrN6O3. The SMILES string of the molecule is CCC(c1nc[nH]c1C1CC1)C(Cc1ccc2oc(-c3ccccc3-c3nnn(C(c4ccccc4)(c4ccccc4)c4ccccc4)n3)c(Br)c2c1)OC=O. The van der Waals surface area contributed by atoms with Crippen molar-refractivity contribution in [3.63, 3.8) is 0 Å². The van der Waals surface area contributed by atoms with E-state index in [-0.39, 0.29) is 12.0 Å². The van der Waals surface area contributed by atoms with Gasteiger partial charge in [-0.1, -0.05) is 128 Å². The van der Waals surface area contributed by atoms with Crippen LogP contribution in [0.5, 0.6) is 0 Å². The lowest BCUT2D eigenvalue weighted by Gasteiger charge is -2.34. The number of hydrogen-bond donors (Lipinski definition) is 1. The van der Waals surface area contributed by atoms with Gasteiger partial charge in [-0.15, -0.1) is 15.0 Å². The van der Waals surface area contributed by atoms with E-state index in [1.165, 1.54) is 5.69 Å². The van der Waals surface area contributed by atoms with Crippen molar-refractivity contribution in [1.82, 2.24) is 30.2 Å². The molecule has 9 nitrogen and oxygen atoms in total. The average Bonchev–Trinajstić information content (AvgIpc) is 3.61. The number of ether oxygens (including phenoxy) is 1. The summed E-state index contributed by atoms with van der Waals surface area (Å²) in [7, 11) is 0. The third kappa shape index (κ3) is 6.33. The largest absolute Gasteiger partial charge is 0.464 e. The zero-order chi connectivity index (χ0) is 38.1. The van der Waals surface area contributed by atoms with Crippen LogP contribution in [-0.2, 0) is 21.5 Å². The number of rotatable bonds is 14. The van der Waals surface area contributed by atoms with Crippen LogP contribution >= 0.6 is 15.9 Å². The number of H-pyrrole nitrogens is 1. The minimum absolute atomic E-state index is 0.0294. The van der Waals surface area contributed by atoms with E-state index in [9.17, 15) is 4.79 Å². The molecule has 5 aromatic carbocycles. The van der Waals surface area contributed by atoms with E-state index in [4.69, 9.17) is 29.5 Å². The summed E-state index contributed by atoms with van der Waals surface area (Å²) in [5.41, 5.74) is 7.63. The second-order valence-corrected chi connectivity index (χ2v) is 15.1. The molecule has 8 aromatic rings. The maximum atomic E-state index is 11.8. The Hall–Kier alpha value is -6.13. The van der Waals surface area contributed by atoms with Crippen molar-refractivity contribution in [2.24, 2.45) is 0 Å². The normalized spacial score (nSPS) is 14.1. The number of imidazole rings is 1. The minimum Gasteiger partial charge on any atom is -0.464 e. The quantitative estimate of drug-likeness (QED) is 0.0861. The maximum Gasteiger partial charge on any atom is 0.293 e. The molecule has 1 N–H and O–H groups in total. The molecule has 0 radical (unpaired) electrons. The summed E-state index contributed by atoms with van der Waals surface area (Å²) in [6.07, 6.45) is 5.04. The molecule has 3 aromatic heterocycles. The van der Waals surface area contributed by atoms with E-state index >= 15 is 0 Å². The number of nitrogens with one attached hydrogen (secondary N) is 1. The Morgan fingerprint density at radius 2 is 1.50 bits per heavy atom. The fraction of sp³-hybridized carbons (Fsp3) is 0.196. The molecule has 56 heavy (non-hydrogen) atoms. The Labute approximate surface area is 332 Å². The number of nitrogens with zero attached hydrogens (tertiary/aromatic N) is 5. The molecule has 2 unspecified atom stereocenters. The minimum atomic E-state index is -0.904. The molecule has 9 rings (SSSR count). The first kappa shape index (κ1) is 35.6. The van der Waals surface area contributed by atoms with Crippen molar-refractivity contribution in [3.8, 4) is 22.7 Å². The van der Waals surface area contributed by atoms with Crippen LogP contribution in [0.2, 0.25) is 0 Å². The van der Waals surface area contributed by atoms with Crippen molar-refractivity contribution < 1.29 is 13.9 Å². The van der Waals surface area contributed by atoms with Gasteiger partial charge in [0.1, 0.15) is 17.4 Å². The molecule has 2 atom stereocenters. The molecule has 0 saturated heterocycles. The number of aromatic nitrogens is 6. The first-order chi connectivity index (χ1) is 27.6. The number of tetrazole rings is 1. The Balaban J connectivity index is 1.10. The molecule has 3 heterocycles. The monoisotopic (exact) mass is 802 g/mol. The van der Waals surface area contributed by atoms with Crippen LogP contribution in [0, 0.1) is 0 Å². The molecule has 1 aliphatic carbocycles. The van der Waals surface area contributed by atoms with E-state index in [2.05, 4.69) is 70.3 Å². The molecule has 10 heteroatoms. The summed E-state index contributed by atoms with van der Waals surface area (Å²) < 4.78 is 13.2. The number of benzene rings is 5. The van der Waals surface area contributed by atoms with Gasteiger partial charge in [0.05, 0.1) is 16.5 Å². The van der Waals surface area contributed by atoms with Crippen molar-refractivity contribution in [2.45, 2.75) is 56.1 Å². The zero-order valence-electron chi connectivity index (χ0n) is 30.8. The summed E-state index contributed by atoms with van der Waals surface area (Å²) in [5.74, 6) is 1.60. The third-order valence-electron chi connectivity index (χ3n) is 11.0. The van der Waals surface area contributed by atoms with Crippen molar-refractivity contribution in [3.05, 3.63) is 178 Å². The molecule has 1 saturated carbocycles. The topological polar surface area (TPSA) is 112 Å². The molecule has 0 aliphatic heterocycles. The Kier molecular flexibility index (Phi) is 9.65. The highest BCUT2D eigenvalue weighted by atomic mass is 79.9. The fourth-order valence-corrected chi connectivity index (χ4v) is 8.77. The van der Waals surface area contributed by atoms with Gasteiger partial charge < -0.3 is 14.1 Å². The van der Waals surface area contributed by atoms with E-state index in [1.54, 1.807) is 11.1 Å². The van der Waals surface area contributed by atoms with Crippen LogP contribution in [-0.4, -0.2) is 42.8 Å². The van der Waals surface area contributed by atoms with Gasteiger partial charge in [0.25, 0.3) is 6.47 Å². The van der Waals surface area contributed by atoms with E-state index in [0.29, 0.717) is 30.4 Å². The predicted molar refractivity (Wildman–Crippen MR) is 219 cm³/mol. The third-order valence-corrected chi connectivity index (χ3v) is 11.8. The number of fused-ring (bicyclic) bond motifs is 1. The van der Waals surface area contributed by atoms with Crippen LogP contribution in [0.15, 0.2) is 149 Å². The summed E-state index contributed by atoms with van der Waals surface area (Å²) in [6.45, 7) is 2.68. The summed E-state index contributed by atoms with van der Waals surface area (Å²) in [5, 5.41) is 15.6. The molecular weight excluding hydrogens is 764 g/mol. The fourth-order valence-electron chi connectivity index (χ4n) is 8.17. The number of carbonyl (C=O) groups is 1. The first-order valence-corrected chi connectivity index (χ1v) is 19.8. The number of furan rings is 1. The molecule has 0 bridgehead atoms. The lowest BCUT2D eigenvalue weighted by Crippen LogP contribution is -2.39. The van der Waals surface area contributed by atoms with Gasteiger partial charge in [0.15, 0.2) is 5.54 Å². The van der Waals surface area contributed by atoms with Crippen LogP contribution < -0.4 is 0 Å². The highest BCUT2D eigenvalue weighted by molar-refractivity contribution is 9.10. The smallest absolute Gasteiger partial charge is 0.293 e. The number of carbonyl (C=O) groups excluding carboxylic acids is 1. The zero-order valence-corrected chi connectivity index (χ0v) is 32.3. The lowest BCUT2D eigenvalue weighted by atomic mass is 9.77. The maximum absolute atomic E-state index is 11.8. The Morgan fingerprint density at radius 1 is 0.875 bits per heavy atom. The summed E-state index contributed by atoms with van der Waals surface area (Å²) >= 11 is 3.90. The highest BCUT2D eigenvalue weighted by Gasteiger charge is 2.41. The van der Waals surface area contributed by atoms with Crippen molar-refractivity contribution in [1.29, 1.82) is 0 Å². The number of aromatic amines is 1. The predicted octanol–water partition coefficient (Wildman–Crippen LogP) is 10.2. The van der Waals surface area contributed by atoms with E-state index < -0.39 is 5.54 Å². The van der Waals surface area contributed by atoms with Crippen LogP contribution in [0.25, 0.3) is 33.7 Å². The lowest BCUT2D eigenvalue weighted by molar-refractivity contribution is -0.134. The van der Waals surface area contributed by atoms with Gasteiger partial charge in [0, 0.05) is 40.5 Å². The van der Waals surface area contributed by atoms with E-state index in [1.807, 2.05) is 91.0 Å². The standard InChI is InChI=1S/C46H39BrN6O3/c1-2-35(43-42(31-23-24-31)48-28-49-43)40(55-29-54)27-30-22-25-39-38(26-30)41(47)44(56-39)36-20-12-13-21-37(36)45-50-52-53(51-45)46(32-14-6-3-7-15-32,33-16-8-4-9-17-33)34-18-10-5-11-19-34/h3-22,25-26,28-29,31,35,40H,2,23-24,27H2,1H3,(H,48,49). The molecule has 278 valence electrons. The van der Waals surface area contributed by atoms with Gasteiger partial charge in [-0.05, 0) is 74.8 Å². The van der Waals surface area contributed by atoms with Gasteiger partial charge >= 0.3 is 0 Å². The summed E-state index contributed by atoms with van der Waals surface area (Å²) in [4.78, 5) is 21.6. The van der Waals surface area contributed by atoms with Crippen LogP contribution in [0.3, 0.4) is 0 Å². The van der Waals surface area contributed by atoms with Gasteiger partial charge in [-0.3, -0.25) is 4.79 Å². The second kappa shape index (κ2) is 15.2. The molecule has 0 spiro atoms. The van der Waals surface area contributed by atoms with Crippen LogP contribution in [0.1, 0.15) is 71.7 Å². The average molecular weight is 804 g/mol. The van der Waals surface area contributed by atoms with Gasteiger partial charge in [0.2, 0.25) is 5.82 Å². The number of hydrogen-bond acceptors (Lipinski definition) is 7. The molecule has 1 aliphatic rings.